The number of anilines is 1. The van der Waals surface area contributed by atoms with Crippen LogP contribution in [0.25, 0.3) is 0 Å². The summed E-state index contributed by atoms with van der Waals surface area (Å²) in [6, 6.07) is 0. The van der Waals surface area contributed by atoms with E-state index in [9.17, 15) is 14.4 Å². The largest absolute Gasteiger partial charge is 0.462 e. The molecule has 0 spiro atoms. The van der Waals surface area contributed by atoms with E-state index in [0.717, 1.165) is 37.3 Å². The molecule has 1 aliphatic heterocycles. The highest BCUT2D eigenvalue weighted by molar-refractivity contribution is 7.18. The molecule has 1 saturated heterocycles. The van der Waals surface area contributed by atoms with E-state index in [4.69, 9.17) is 4.74 Å². The van der Waals surface area contributed by atoms with E-state index in [1.807, 2.05) is 0 Å². The first kappa shape index (κ1) is 19.4. The van der Waals surface area contributed by atoms with E-state index in [2.05, 4.69) is 10.6 Å². The minimum atomic E-state index is -0.521. The minimum absolute atomic E-state index is 0.146. The Morgan fingerprint density at radius 2 is 1.88 bits per heavy atom. The molecule has 0 aromatic carbocycles. The maximum Gasteiger partial charge on any atom is 0.341 e. The number of carbonyl (C=O) groups excluding carboxylic acids is 3. The van der Waals surface area contributed by atoms with Crippen molar-refractivity contribution in [3.8, 4) is 0 Å². The van der Waals surface area contributed by atoms with Gasteiger partial charge in [0, 0.05) is 7.05 Å². The highest BCUT2D eigenvalue weighted by atomic mass is 32.1. The number of likely N-dealkylation sites (tertiary alicyclic amines) is 1. The van der Waals surface area contributed by atoms with E-state index in [0.29, 0.717) is 22.0 Å². The molecule has 0 aliphatic carbocycles. The topological polar surface area (TPSA) is 88.9 Å². The fourth-order valence-electron chi connectivity index (χ4n) is 3.01. The molecule has 1 aliphatic rings. The van der Waals surface area contributed by atoms with Crippen LogP contribution in [-0.4, -0.2) is 51.1 Å². The number of carbonyl (C=O) groups is 3. The number of hydrogen-bond donors (Lipinski definition) is 3. The second kappa shape index (κ2) is 8.96. The summed E-state index contributed by atoms with van der Waals surface area (Å²) in [5.41, 5.74) is 0.802. The molecule has 2 rings (SSSR count). The van der Waals surface area contributed by atoms with Crippen LogP contribution < -0.4 is 15.5 Å². The van der Waals surface area contributed by atoms with Gasteiger partial charge in [0.25, 0.3) is 11.8 Å². The molecule has 8 heteroatoms. The van der Waals surface area contributed by atoms with Gasteiger partial charge in [-0.1, -0.05) is 0 Å². The molecule has 2 amide bonds. The normalized spacial score (nSPS) is 14.8. The van der Waals surface area contributed by atoms with Crippen LogP contribution in [0.2, 0.25) is 0 Å². The lowest BCUT2D eigenvalue weighted by Gasteiger charge is -2.22. The predicted molar refractivity (Wildman–Crippen MR) is 96.4 cm³/mol. The predicted octanol–water partition coefficient (Wildman–Crippen LogP) is 0.600. The van der Waals surface area contributed by atoms with Crippen molar-refractivity contribution in [2.75, 3.05) is 38.6 Å². The standard InChI is InChI=1S/C17H25N3O4S/c1-4-24-17(23)13-11(2)14(15(22)18-3)25-16(13)19-12(21)10-20-8-6-5-7-9-20/h4-10H2,1-3H3,(H,18,22)(H,19,21)/p+1. The molecule has 0 saturated carbocycles. The third-order valence-corrected chi connectivity index (χ3v) is 5.49. The van der Waals surface area contributed by atoms with Crippen LogP contribution in [0.1, 0.15) is 51.8 Å². The van der Waals surface area contributed by atoms with E-state index in [1.54, 1.807) is 13.8 Å². The van der Waals surface area contributed by atoms with Gasteiger partial charge in [0.1, 0.15) is 5.00 Å². The van der Waals surface area contributed by atoms with Crippen molar-refractivity contribution in [2.24, 2.45) is 0 Å². The minimum Gasteiger partial charge on any atom is -0.462 e. The quantitative estimate of drug-likeness (QED) is 0.642. The highest BCUT2D eigenvalue weighted by Gasteiger charge is 2.27. The van der Waals surface area contributed by atoms with Gasteiger partial charge in [-0.25, -0.2) is 4.79 Å². The maximum atomic E-state index is 12.4. The molecule has 3 N–H and O–H groups in total. The Kier molecular flexibility index (Phi) is 6.95. The highest BCUT2D eigenvalue weighted by Crippen LogP contribution is 2.33. The Bertz CT molecular complexity index is 651. The van der Waals surface area contributed by atoms with E-state index in [1.165, 1.54) is 18.4 Å². The Balaban J connectivity index is 2.20. The van der Waals surface area contributed by atoms with E-state index < -0.39 is 5.97 Å². The number of rotatable bonds is 6. The second-order valence-corrected chi connectivity index (χ2v) is 7.12. The first-order valence-corrected chi connectivity index (χ1v) is 9.45. The third kappa shape index (κ3) is 4.79. The van der Waals surface area contributed by atoms with Gasteiger partial charge in [0.15, 0.2) is 6.54 Å². The van der Waals surface area contributed by atoms with E-state index >= 15 is 0 Å². The molecule has 0 atom stereocenters. The molecule has 1 aromatic heterocycles. The molecule has 7 nitrogen and oxygen atoms in total. The van der Waals surface area contributed by atoms with Crippen molar-refractivity contribution in [3.05, 3.63) is 16.0 Å². The van der Waals surface area contributed by atoms with Gasteiger partial charge >= 0.3 is 5.97 Å². The Morgan fingerprint density at radius 1 is 1.20 bits per heavy atom. The summed E-state index contributed by atoms with van der Waals surface area (Å²) < 4.78 is 5.09. The third-order valence-electron chi connectivity index (χ3n) is 4.28. The lowest BCUT2D eigenvalue weighted by atomic mass is 10.1. The Hall–Kier alpha value is -1.93. The van der Waals surface area contributed by atoms with Gasteiger partial charge in [-0.3, -0.25) is 9.59 Å². The molecule has 0 radical (unpaired) electrons. The van der Waals surface area contributed by atoms with Crippen molar-refractivity contribution in [2.45, 2.75) is 33.1 Å². The summed E-state index contributed by atoms with van der Waals surface area (Å²) in [6.45, 7) is 6.00. The number of piperidine rings is 1. The molecular weight excluding hydrogens is 342 g/mol. The lowest BCUT2D eigenvalue weighted by molar-refractivity contribution is -0.896. The monoisotopic (exact) mass is 368 g/mol. The molecule has 138 valence electrons. The number of hydrogen-bond acceptors (Lipinski definition) is 5. The lowest BCUT2D eigenvalue weighted by Crippen LogP contribution is -3.13. The Labute approximate surface area is 151 Å². The van der Waals surface area contributed by atoms with Crippen LogP contribution in [0.15, 0.2) is 0 Å². The van der Waals surface area contributed by atoms with Crippen LogP contribution in [0, 0.1) is 6.92 Å². The number of nitrogens with one attached hydrogen (secondary N) is 3. The van der Waals surface area contributed by atoms with Crippen molar-refractivity contribution in [1.29, 1.82) is 0 Å². The maximum absolute atomic E-state index is 12.4. The van der Waals surface area contributed by atoms with Crippen LogP contribution in [0.5, 0.6) is 0 Å². The zero-order valence-electron chi connectivity index (χ0n) is 15.0. The van der Waals surface area contributed by atoms with Crippen molar-refractivity contribution in [1.82, 2.24) is 5.32 Å². The van der Waals surface area contributed by atoms with Gasteiger partial charge < -0.3 is 20.3 Å². The molecule has 25 heavy (non-hydrogen) atoms. The number of quaternary nitrogens is 1. The van der Waals surface area contributed by atoms with Crippen molar-refractivity contribution >= 4 is 34.1 Å². The molecule has 0 bridgehead atoms. The van der Waals surface area contributed by atoms with Gasteiger partial charge in [0.05, 0.1) is 30.1 Å². The zero-order chi connectivity index (χ0) is 18.4. The molecule has 0 unspecified atom stereocenters. The second-order valence-electron chi connectivity index (χ2n) is 6.10. The molecule has 2 heterocycles. The first-order chi connectivity index (χ1) is 12.0. The average Bonchev–Trinajstić information content (AvgIpc) is 2.91. The van der Waals surface area contributed by atoms with Crippen LogP contribution in [-0.2, 0) is 9.53 Å². The summed E-state index contributed by atoms with van der Waals surface area (Å²) in [4.78, 5) is 38.3. The zero-order valence-corrected chi connectivity index (χ0v) is 15.8. The number of ether oxygens (including phenoxy) is 1. The molecule has 1 aromatic rings. The van der Waals surface area contributed by atoms with Crippen LogP contribution >= 0.6 is 11.3 Å². The number of esters is 1. The van der Waals surface area contributed by atoms with Crippen molar-refractivity contribution in [3.63, 3.8) is 0 Å². The Morgan fingerprint density at radius 3 is 2.48 bits per heavy atom. The van der Waals surface area contributed by atoms with E-state index in [-0.39, 0.29) is 24.0 Å². The van der Waals surface area contributed by atoms with Crippen LogP contribution in [0.4, 0.5) is 5.00 Å². The average molecular weight is 368 g/mol. The van der Waals surface area contributed by atoms with Gasteiger partial charge in [-0.05, 0) is 38.7 Å². The van der Waals surface area contributed by atoms with Gasteiger partial charge in [-0.2, -0.15) is 0 Å². The smallest absolute Gasteiger partial charge is 0.341 e. The molecule has 1 fully saturated rings. The van der Waals surface area contributed by atoms with Crippen molar-refractivity contribution < 1.29 is 24.0 Å². The fraction of sp³-hybridized carbons (Fsp3) is 0.588. The summed E-state index contributed by atoms with van der Waals surface area (Å²) in [5.74, 6) is -0.950. The summed E-state index contributed by atoms with van der Waals surface area (Å²) >= 11 is 1.11. The fourth-order valence-corrected chi connectivity index (χ4v) is 4.16. The summed E-state index contributed by atoms with van der Waals surface area (Å²) in [6.07, 6.45) is 3.49. The SMILES string of the molecule is CCOC(=O)c1c(NC(=O)C[NH+]2CCCCC2)sc(C(=O)NC)c1C. The number of amides is 2. The molecular formula is C17H26N3O4S+. The van der Waals surface area contributed by atoms with Crippen LogP contribution in [0.3, 0.4) is 0 Å². The summed E-state index contributed by atoms with van der Waals surface area (Å²) in [5, 5.41) is 5.76. The van der Waals surface area contributed by atoms with Gasteiger partial charge in [-0.15, -0.1) is 11.3 Å². The first-order valence-electron chi connectivity index (χ1n) is 8.63. The summed E-state index contributed by atoms with van der Waals surface area (Å²) in [7, 11) is 1.53. The van der Waals surface area contributed by atoms with Gasteiger partial charge in [0.2, 0.25) is 0 Å². The number of thiophene rings is 1.